The van der Waals surface area contributed by atoms with E-state index >= 15 is 0 Å². The van der Waals surface area contributed by atoms with Crippen molar-refractivity contribution in [3.05, 3.63) is 59.7 Å². The molecule has 0 radical (unpaired) electrons. The molecular weight excluding hydrogens is 392 g/mol. The smallest absolute Gasteiger partial charge is 0.326 e. The molecule has 0 saturated carbocycles. The summed E-state index contributed by atoms with van der Waals surface area (Å²) in [6, 6.07) is 15.5. The van der Waals surface area contributed by atoms with Gasteiger partial charge in [-0.2, -0.15) is 0 Å². The molecule has 1 unspecified atom stereocenters. The lowest BCUT2D eigenvalue weighted by Gasteiger charge is -2.22. The van der Waals surface area contributed by atoms with Gasteiger partial charge in [-0.15, -0.1) is 0 Å². The Morgan fingerprint density at radius 1 is 1.03 bits per heavy atom. The van der Waals surface area contributed by atoms with Gasteiger partial charge in [0.1, 0.15) is 12.1 Å². The molecule has 0 aliphatic heterocycles. The summed E-state index contributed by atoms with van der Waals surface area (Å²) in [6.07, 6.45) is 0.744. The molecule has 31 heavy (non-hydrogen) atoms. The van der Waals surface area contributed by atoms with Crippen LogP contribution in [-0.2, 0) is 20.7 Å². The highest BCUT2D eigenvalue weighted by molar-refractivity contribution is 5.97. The second kappa shape index (κ2) is 10.2. The van der Waals surface area contributed by atoms with Crippen LogP contribution in [0.2, 0.25) is 0 Å². The molecule has 0 aromatic heterocycles. The second-order valence-electron chi connectivity index (χ2n) is 8.83. The van der Waals surface area contributed by atoms with Gasteiger partial charge in [0.2, 0.25) is 5.91 Å². The first kappa shape index (κ1) is 24.1. The van der Waals surface area contributed by atoms with Crippen molar-refractivity contribution >= 4 is 17.8 Å². The molecule has 0 aliphatic rings. The molecule has 0 aliphatic carbocycles. The average molecular weight is 425 g/mol. The molecule has 1 atom stereocenters. The SMILES string of the molecule is CC(=O)NC(C)Cc1ccc(-c2cccc(C(=O)N(C)CC(=O)OC(C)(C)C)c2)cc1. The van der Waals surface area contributed by atoms with Gasteiger partial charge in [-0.05, 0) is 62.9 Å². The van der Waals surface area contributed by atoms with Gasteiger partial charge in [0.15, 0.2) is 0 Å². The monoisotopic (exact) mass is 424 g/mol. The molecule has 0 bridgehead atoms. The quantitative estimate of drug-likeness (QED) is 0.686. The van der Waals surface area contributed by atoms with Crippen LogP contribution in [0.1, 0.15) is 50.5 Å². The predicted octanol–water partition coefficient (Wildman–Crippen LogP) is 3.83. The summed E-state index contributed by atoms with van der Waals surface area (Å²) in [5.74, 6) is -0.723. The molecule has 0 heterocycles. The molecule has 6 heteroatoms. The third-order valence-electron chi connectivity index (χ3n) is 4.52. The number of ether oxygens (including phenoxy) is 1. The zero-order valence-electron chi connectivity index (χ0n) is 19.2. The Hall–Kier alpha value is -3.15. The number of amides is 2. The highest BCUT2D eigenvalue weighted by atomic mass is 16.6. The Morgan fingerprint density at radius 3 is 2.26 bits per heavy atom. The van der Waals surface area contributed by atoms with Gasteiger partial charge >= 0.3 is 5.97 Å². The van der Waals surface area contributed by atoms with Crippen molar-refractivity contribution in [2.45, 2.75) is 52.7 Å². The van der Waals surface area contributed by atoms with Gasteiger partial charge < -0.3 is 15.0 Å². The summed E-state index contributed by atoms with van der Waals surface area (Å²) in [7, 11) is 1.59. The van der Waals surface area contributed by atoms with E-state index < -0.39 is 11.6 Å². The number of nitrogens with zero attached hydrogens (tertiary/aromatic N) is 1. The van der Waals surface area contributed by atoms with Crippen LogP contribution in [0.3, 0.4) is 0 Å². The van der Waals surface area contributed by atoms with Crippen molar-refractivity contribution in [3.63, 3.8) is 0 Å². The first-order chi connectivity index (χ1) is 14.4. The Morgan fingerprint density at radius 2 is 1.68 bits per heavy atom. The van der Waals surface area contributed by atoms with Gasteiger partial charge in [0.25, 0.3) is 5.91 Å². The lowest BCUT2D eigenvalue weighted by Crippen LogP contribution is -2.36. The molecule has 0 saturated heterocycles. The van der Waals surface area contributed by atoms with Crippen LogP contribution >= 0.6 is 0 Å². The summed E-state index contributed by atoms with van der Waals surface area (Å²) in [5.41, 5.74) is 2.94. The van der Waals surface area contributed by atoms with Gasteiger partial charge in [0, 0.05) is 25.6 Å². The first-order valence-corrected chi connectivity index (χ1v) is 10.4. The lowest BCUT2D eigenvalue weighted by molar-refractivity contribution is -0.155. The maximum absolute atomic E-state index is 12.8. The zero-order chi connectivity index (χ0) is 23.2. The molecule has 1 N–H and O–H groups in total. The number of carbonyl (C=O) groups is 3. The van der Waals surface area contributed by atoms with Gasteiger partial charge in [-0.25, -0.2) is 0 Å². The van der Waals surface area contributed by atoms with Crippen molar-refractivity contribution < 1.29 is 19.1 Å². The predicted molar refractivity (Wildman–Crippen MR) is 122 cm³/mol. The molecule has 0 fully saturated rings. The van der Waals surface area contributed by atoms with Crippen LogP contribution in [-0.4, -0.2) is 47.9 Å². The topological polar surface area (TPSA) is 75.7 Å². The van der Waals surface area contributed by atoms with Crippen LogP contribution in [0.25, 0.3) is 11.1 Å². The minimum absolute atomic E-state index is 0.0396. The fraction of sp³-hybridized carbons (Fsp3) is 0.400. The highest BCUT2D eigenvalue weighted by Gasteiger charge is 2.20. The van der Waals surface area contributed by atoms with Gasteiger partial charge in [0.05, 0.1) is 0 Å². The Kier molecular flexibility index (Phi) is 7.97. The van der Waals surface area contributed by atoms with E-state index in [0.29, 0.717) is 5.56 Å². The van der Waals surface area contributed by atoms with E-state index in [1.165, 1.54) is 11.8 Å². The molecule has 0 spiro atoms. The van der Waals surface area contributed by atoms with Crippen LogP contribution < -0.4 is 5.32 Å². The molecule has 2 aromatic rings. The maximum atomic E-state index is 12.8. The van der Waals surface area contributed by atoms with Crippen LogP contribution in [0, 0.1) is 0 Å². The molecule has 2 rings (SSSR count). The van der Waals surface area contributed by atoms with E-state index in [1.54, 1.807) is 33.9 Å². The Bertz CT molecular complexity index is 929. The van der Waals surface area contributed by atoms with E-state index in [0.717, 1.165) is 23.1 Å². The van der Waals surface area contributed by atoms with E-state index in [9.17, 15) is 14.4 Å². The van der Waals surface area contributed by atoms with E-state index in [1.807, 2.05) is 49.4 Å². The fourth-order valence-electron chi connectivity index (χ4n) is 3.28. The molecular formula is C25H32N2O4. The third-order valence-corrected chi connectivity index (χ3v) is 4.52. The number of rotatable bonds is 7. The minimum atomic E-state index is -0.590. The second-order valence-corrected chi connectivity index (χ2v) is 8.83. The molecule has 2 aromatic carbocycles. The van der Waals surface area contributed by atoms with Crippen LogP contribution in [0.4, 0.5) is 0 Å². The molecule has 2 amide bonds. The summed E-state index contributed by atoms with van der Waals surface area (Å²) in [5, 5.41) is 2.88. The number of carbonyl (C=O) groups excluding carboxylic acids is 3. The fourth-order valence-corrected chi connectivity index (χ4v) is 3.28. The number of hydrogen-bond acceptors (Lipinski definition) is 4. The van der Waals surface area contributed by atoms with Crippen molar-refractivity contribution in [2.24, 2.45) is 0 Å². The zero-order valence-corrected chi connectivity index (χ0v) is 19.2. The van der Waals surface area contributed by atoms with Crippen molar-refractivity contribution in [1.29, 1.82) is 0 Å². The van der Waals surface area contributed by atoms with E-state index in [2.05, 4.69) is 5.32 Å². The molecule has 6 nitrogen and oxygen atoms in total. The number of hydrogen-bond donors (Lipinski definition) is 1. The standard InChI is InChI=1S/C25H32N2O4/c1-17(26-18(2)28)14-19-10-12-20(13-11-19)21-8-7-9-22(15-21)24(30)27(6)16-23(29)31-25(3,4)5/h7-13,15,17H,14,16H2,1-6H3,(H,26,28). The largest absolute Gasteiger partial charge is 0.459 e. The number of benzene rings is 2. The lowest BCUT2D eigenvalue weighted by atomic mass is 9.99. The van der Waals surface area contributed by atoms with Crippen LogP contribution in [0.5, 0.6) is 0 Å². The number of esters is 1. The highest BCUT2D eigenvalue weighted by Crippen LogP contribution is 2.22. The van der Waals surface area contributed by atoms with Crippen molar-refractivity contribution in [2.75, 3.05) is 13.6 Å². The maximum Gasteiger partial charge on any atom is 0.326 e. The van der Waals surface area contributed by atoms with Gasteiger partial charge in [-0.3, -0.25) is 14.4 Å². The Labute approximate surface area is 184 Å². The van der Waals surface area contributed by atoms with Crippen molar-refractivity contribution in [3.8, 4) is 11.1 Å². The normalized spacial score (nSPS) is 12.1. The summed E-state index contributed by atoms with van der Waals surface area (Å²) >= 11 is 0. The van der Waals surface area contributed by atoms with Crippen molar-refractivity contribution in [1.82, 2.24) is 10.2 Å². The average Bonchev–Trinajstić information content (AvgIpc) is 2.65. The Balaban J connectivity index is 2.08. The summed E-state index contributed by atoms with van der Waals surface area (Å²) < 4.78 is 5.29. The minimum Gasteiger partial charge on any atom is -0.459 e. The number of nitrogens with one attached hydrogen (secondary N) is 1. The summed E-state index contributed by atoms with van der Waals surface area (Å²) in [6.45, 7) is 8.75. The summed E-state index contributed by atoms with van der Waals surface area (Å²) in [4.78, 5) is 37.3. The van der Waals surface area contributed by atoms with Gasteiger partial charge in [-0.1, -0.05) is 36.4 Å². The number of likely N-dealkylation sites (N-methyl/N-ethyl adjacent to an activating group) is 1. The van der Waals surface area contributed by atoms with Crippen LogP contribution in [0.15, 0.2) is 48.5 Å². The van der Waals surface area contributed by atoms with E-state index in [4.69, 9.17) is 4.74 Å². The van der Waals surface area contributed by atoms with E-state index in [-0.39, 0.29) is 24.4 Å². The first-order valence-electron chi connectivity index (χ1n) is 10.4. The third kappa shape index (κ3) is 7.89. The molecule has 166 valence electrons.